The van der Waals surface area contributed by atoms with Crippen LogP contribution in [0.4, 0.5) is 0 Å². The summed E-state index contributed by atoms with van der Waals surface area (Å²) >= 11 is 2.76. The third-order valence-electron chi connectivity index (χ3n) is 1.05. The maximum Gasteiger partial charge on any atom is 0.231 e. The highest BCUT2D eigenvalue weighted by atomic mass is 32.2. The van der Waals surface area contributed by atoms with Crippen molar-refractivity contribution in [2.75, 3.05) is 12.3 Å². The molecule has 0 aromatic carbocycles. The molecule has 1 aromatic rings. The molecule has 0 aliphatic carbocycles. The Bertz CT molecular complexity index is 304. The van der Waals surface area contributed by atoms with Crippen molar-refractivity contribution in [1.29, 1.82) is 0 Å². The summed E-state index contributed by atoms with van der Waals surface area (Å²) in [6.45, 7) is 0.273. The molecule has 0 aliphatic rings. The van der Waals surface area contributed by atoms with E-state index in [1.807, 2.05) is 0 Å². The first-order chi connectivity index (χ1) is 6.33. The third-order valence-corrected chi connectivity index (χ3v) is 2.91. The molecule has 0 aliphatic heterocycles. The molecule has 6 heteroatoms. The van der Waals surface area contributed by atoms with E-state index in [4.69, 9.17) is 6.42 Å². The summed E-state index contributed by atoms with van der Waals surface area (Å²) < 4.78 is 0.788. The lowest BCUT2D eigenvalue weighted by Gasteiger charge is -1.97. The number of aromatic nitrogens is 2. The summed E-state index contributed by atoms with van der Waals surface area (Å²) in [4.78, 5) is 11.0. The van der Waals surface area contributed by atoms with Crippen molar-refractivity contribution in [2.45, 2.75) is 4.34 Å². The number of nitrogens with one attached hydrogen (secondary N) is 1. The summed E-state index contributed by atoms with van der Waals surface area (Å²) in [6.07, 6.45) is 4.98. The maximum absolute atomic E-state index is 11.0. The van der Waals surface area contributed by atoms with Crippen LogP contribution in [0, 0.1) is 12.3 Å². The predicted molar refractivity (Wildman–Crippen MR) is 52.5 cm³/mol. The average Bonchev–Trinajstić information content (AvgIpc) is 2.64. The van der Waals surface area contributed by atoms with Crippen molar-refractivity contribution in [3.05, 3.63) is 5.51 Å². The van der Waals surface area contributed by atoms with Gasteiger partial charge in [-0.3, -0.25) is 4.79 Å². The van der Waals surface area contributed by atoms with Crippen molar-refractivity contribution >= 4 is 29.0 Å². The molecule has 1 heterocycles. The zero-order chi connectivity index (χ0) is 9.52. The number of rotatable bonds is 4. The Labute approximate surface area is 84.1 Å². The van der Waals surface area contributed by atoms with Gasteiger partial charge in [0.15, 0.2) is 4.34 Å². The van der Waals surface area contributed by atoms with Gasteiger partial charge in [-0.15, -0.1) is 16.6 Å². The van der Waals surface area contributed by atoms with Gasteiger partial charge in [0.1, 0.15) is 5.51 Å². The molecule has 1 N–H and O–H groups in total. The number of amides is 1. The van der Waals surface area contributed by atoms with Crippen molar-refractivity contribution in [3.8, 4) is 12.3 Å². The highest BCUT2D eigenvalue weighted by Gasteiger charge is 2.03. The van der Waals surface area contributed by atoms with Gasteiger partial charge >= 0.3 is 0 Å². The monoisotopic (exact) mass is 213 g/mol. The van der Waals surface area contributed by atoms with Gasteiger partial charge in [0, 0.05) is 0 Å². The van der Waals surface area contributed by atoms with Crippen LogP contribution >= 0.6 is 23.1 Å². The molecule has 1 aromatic heterocycles. The summed E-state index contributed by atoms with van der Waals surface area (Å²) in [5.74, 6) is 2.57. The molecule has 0 atom stereocenters. The van der Waals surface area contributed by atoms with Crippen molar-refractivity contribution < 1.29 is 4.79 Å². The summed E-state index contributed by atoms with van der Waals surface area (Å²) in [7, 11) is 0. The first kappa shape index (κ1) is 10.0. The van der Waals surface area contributed by atoms with Crippen LogP contribution in [0.25, 0.3) is 0 Å². The minimum Gasteiger partial charge on any atom is -0.344 e. The van der Waals surface area contributed by atoms with E-state index in [0.717, 1.165) is 4.34 Å². The van der Waals surface area contributed by atoms with E-state index in [0.29, 0.717) is 5.75 Å². The molecule has 4 nitrogen and oxygen atoms in total. The second-order valence-electron chi connectivity index (χ2n) is 1.97. The molecule has 0 fully saturated rings. The minimum atomic E-state index is -0.0850. The number of hydrogen-bond donors (Lipinski definition) is 1. The van der Waals surface area contributed by atoms with Gasteiger partial charge in [-0.05, 0) is 0 Å². The van der Waals surface area contributed by atoms with Gasteiger partial charge in [0.25, 0.3) is 0 Å². The minimum absolute atomic E-state index is 0.0850. The van der Waals surface area contributed by atoms with Crippen LogP contribution in [0.5, 0.6) is 0 Å². The Hall–Kier alpha value is -1.06. The van der Waals surface area contributed by atoms with Crippen molar-refractivity contribution in [1.82, 2.24) is 15.5 Å². The van der Waals surface area contributed by atoms with Crippen LogP contribution in [-0.4, -0.2) is 28.4 Å². The van der Waals surface area contributed by atoms with E-state index in [2.05, 4.69) is 21.4 Å². The number of thioether (sulfide) groups is 1. The molecular formula is C7H7N3OS2. The first-order valence-electron chi connectivity index (χ1n) is 3.42. The Morgan fingerprint density at radius 1 is 1.85 bits per heavy atom. The van der Waals surface area contributed by atoms with Crippen LogP contribution < -0.4 is 5.32 Å². The summed E-state index contributed by atoms with van der Waals surface area (Å²) in [6, 6.07) is 0. The molecule has 13 heavy (non-hydrogen) atoms. The fourth-order valence-electron chi connectivity index (χ4n) is 0.554. The SMILES string of the molecule is C#CCNC(=O)CSc1nncs1. The van der Waals surface area contributed by atoms with E-state index < -0.39 is 0 Å². The normalized spacial score (nSPS) is 9.15. The van der Waals surface area contributed by atoms with E-state index in [1.165, 1.54) is 23.1 Å². The Balaban J connectivity index is 2.20. The van der Waals surface area contributed by atoms with Crippen LogP contribution in [0.3, 0.4) is 0 Å². The van der Waals surface area contributed by atoms with E-state index in [-0.39, 0.29) is 12.5 Å². The zero-order valence-electron chi connectivity index (χ0n) is 6.69. The van der Waals surface area contributed by atoms with Gasteiger partial charge in [-0.25, -0.2) is 0 Å². The van der Waals surface area contributed by atoms with Gasteiger partial charge in [0.05, 0.1) is 12.3 Å². The summed E-state index contributed by atoms with van der Waals surface area (Å²) in [5, 5.41) is 9.98. The molecule has 0 saturated heterocycles. The lowest BCUT2D eigenvalue weighted by Crippen LogP contribution is -2.25. The van der Waals surface area contributed by atoms with E-state index in [9.17, 15) is 4.79 Å². The van der Waals surface area contributed by atoms with Gasteiger partial charge in [-0.2, -0.15) is 0 Å². The van der Waals surface area contributed by atoms with Crippen LogP contribution in [0.2, 0.25) is 0 Å². The molecule has 1 rings (SSSR count). The largest absolute Gasteiger partial charge is 0.344 e. The van der Waals surface area contributed by atoms with Crippen LogP contribution in [0.15, 0.2) is 9.85 Å². The van der Waals surface area contributed by atoms with Crippen molar-refractivity contribution in [3.63, 3.8) is 0 Å². The first-order valence-corrected chi connectivity index (χ1v) is 5.28. The quantitative estimate of drug-likeness (QED) is 0.580. The topological polar surface area (TPSA) is 54.9 Å². The molecule has 0 saturated carbocycles. The van der Waals surface area contributed by atoms with Gasteiger partial charge in [-0.1, -0.05) is 29.0 Å². The standard InChI is InChI=1S/C7H7N3OS2/c1-2-3-8-6(11)4-12-7-10-9-5-13-7/h1,5H,3-4H2,(H,8,11). The molecule has 68 valence electrons. The zero-order valence-corrected chi connectivity index (χ0v) is 8.32. The average molecular weight is 213 g/mol. The molecular weight excluding hydrogens is 206 g/mol. The Morgan fingerprint density at radius 3 is 3.31 bits per heavy atom. The summed E-state index contributed by atoms with van der Waals surface area (Å²) in [5.41, 5.74) is 1.63. The van der Waals surface area contributed by atoms with Crippen molar-refractivity contribution in [2.24, 2.45) is 0 Å². The lowest BCUT2D eigenvalue weighted by molar-refractivity contribution is -0.118. The van der Waals surface area contributed by atoms with Gasteiger partial charge in [0.2, 0.25) is 5.91 Å². The molecule has 0 unspecified atom stereocenters. The van der Waals surface area contributed by atoms with Gasteiger partial charge < -0.3 is 5.32 Å². The number of nitrogens with zero attached hydrogens (tertiary/aromatic N) is 2. The van der Waals surface area contributed by atoms with Crippen LogP contribution in [0.1, 0.15) is 0 Å². The Kier molecular flexibility index (Phi) is 4.29. The predicted octanol–water partition coefficient (Wildman–Crippen LogP) is 0.380. The highest BCUT2D eigenvalue weighted by molar-refractivity contribution is 8.01. The second-order valence-corrected chi connectivity index (χ2v) is 4.03. The fourth-order valence-corrected chi connectivity index (χ4v) is 1.87. The third kappa shape index (κ3) is 3.92. The number of carbonyl (C=O) groups is 1. The van der Waals surface area contributed by atoms with E-state index in [1.54, 1.807) is 5.51 Å². The van der Waals surface area contributed by atoms with Crippen LogP contribution in [-0.2, 0) is 4.79 Å². The molecule has 0 spiro atoms. The smallest absolute Gasteiger partial charge is 0.231 e. The number of hydrogen-bond acceptors (Lipinski definition) is 5. The molecule has 0 bridgehead atoms. The lowest BCUT2D eigenvalue weighted by atomic mass is 10.6. The van der Waals surface area contributed by atoms with E-state index >= 15 is 0 Å². The number of carbonyl (C=O) groups excluding carboxylic acids is 1. The highest BCUT2D eigenvalue weighted by Crippen LogP contribution is 2.17. The molecule has 1 amide bonds. The fraction of sp³-hybridized carbons (Fsp3) is 0.286. The second kappa shape index (κ2) is 5.56. The Morgan fingerprint density at radius 2 is 2.69 bits per heavy atom. The number of terminal acetylenes is 1. The molecule has 0 radical (unpaired) electrons. The maximum atomic E-state index is 11.0.